The second-order valence-corrected chi connectivity index (χ2v) is 3.84. The molecule has 2 N–H and O–H groups in total. The van der Waals surface area contributed by atoms with Crippen molar-refractivity contribution in [2.24, 2.45) is 5.73 Å². The van der Waals surface area contributed by atoms with Gasteiger partial charge in [0.2, 0.25) is 6.79 Å². The molecule has 1 heterocycles. The van der Waals surface area contributed by atoms with E-state index < -0.39 is 0 Å². The third-order valence-electron chi connectivity index (χ3n) is 2.10. The van der Waals surface area contributed by atoms with E-state index in [0.717, 1.165) is 21.5 Å². The first-order valence-corrected chi connectivity index (χ1v) is 4.99. The number of hydrogen-bond acceptors (Lipinski definition) is 3. The molecule has 0 aliphatic carbocycles. The van der Waals surface area contributed by atoms with Crippen molar-refractivity contribution >= 4 is 28.3 Å². The summed E-state index contributed by atoms with van der Waals surface area (Å²) in [5, 5.41) is 0. The van der Waals surface area contributed by atoms with E-state index in [9.17, 15) is 0 Å². The SMILES string of the molecule is C=C[C@@H](N)c1cc2c(cc1Br)OCO2.Cl. The van der Waals surface area contributed by atoms with E-state index >= 15 is 0 Å². The molecule has 3 nitrogen and oxygen atoms in total. The maximum absolute atomic E-state index is 5.84. The Morgan fingerprint density at radius 2 is 2.00 bits per heavy atom. The van der Waals surface area contributed by atoms with Gasteiger partial charge in [-0.1, -0.05) is 22.0 Å². The smallest absolute Gasteiger partial charge is 0.231 e. The van der Waals surface area contributed by atoms with Crippen molar-refractivity contribution in [2.75, 3.05) is 6.79 Å². The molecule has 0 radical (unpaired) electrons. The van der Waals surface area contributed by atoms with Crippen molar-refractivity contribution in [2.45, 2.75) is 6.04 Å². The topological polar surface area (TPSA) is 44.5 Å². The molecule has 1 aliphatic heterocycles. The van der Waals surface area contributed by atoms with Crippen LogP contribution in [-0.2, 0) is 0 Å². The fourth-order valence-electron chi connectivity index (χ4n) is 1.32. The van der Waals surface area contributed by atoms with E-state index in [1.165, 1.54) is 0 Å². The van der Waals surface area contributed by atoms with Gasteiger partial charge in [0.1, 0.15) is 0 Å². The Morgan fingerprint density at radius 3 is 2.60 bits per heavy atom. The standard InChI is InChI=1S/C10H10BrNO2.ClH/c1-2-8(12)6-3-9-10(4-7(6)11)14-5-13-9;/h2-4,8H,1,5,12H2;1H/t8-;/m1./s1. The van der Waals surface area contributed by atoms with Crippen LogP contribution in [0.25, 0.3) is 0 Å². The van der Waals surface area contributed by atoms with E-state index in [-0.39, 0.29) is 25.2 Å². The van der Waals surface area contributed by atoms with Gasteiger partial charge >= 0.3 is 0 Å². The highest BCUT2D eigenvalue weighted by molar-refractivity contribution is 9.10. The predicted octanol–water partition coefficient (Wildman–Crippen LogP) is 2.79. The summed E-state index contributed by atoms with van der Waals surface area (Å²) in [6.07, 6.45) is 1.68. The van der Waals surface area contributed by atoms with Crippen LogP contribution in [0.5, 0.6) is 11.5 Å². The molecule has 82 valence electrons. The van der Waals surface area contributed by atoms with Crippen molar-refractivity contribution < 1.29 is 9.47 Å². The number of hydrogen-bond donors (Lipinski definition) is 1. The van der Waals surface area contributed by atoms with Crippen LogP contribution >= 0.6 is 28.3 Å². The second kappa shape index (κ2) is 4.88. The lowest BCUT2D eigenvalue weighted by molar-refractivity contribution is 0.174. The average Bonchev–Trinajstić information content (AvgIpc) is 2.62. The first-order chi connectivity index (χ1) is 6.72. The van der Waals surface area contributed by atoms with Gasteiger partial charge in [-0.15, -0.1) is 19.0 Å². The normalized spacial score (nSPS) is 14.3. The Hall–Kier alpha value is -0.710. The van der Waals surface area contributed by atoms with Crippen LogP contribution in [0.3, 0.4) is 0 Å². The molecule has 2 rings (SSSR count). The molecule has 0 aromatic heterocycles. The molecule has 5 heteroatoms. The van der Waals surface area contributed by atoms with Gasteiger partial charge in [0.25, 0.3) is 0 Å². The molecular formula is C10H11BrClNO2. The number of ether oxygens (including phenoxy) is 2. The van der Waals surface area contributed by atoms with Crippen LogP contribution < -0.4 is 15.2 Å². The van der Waals surface area contributed by atoms with Crippen LogP contribution in [0.2, 0.25) is 0 Å². The van der Waals surface area contributed by atoms with Crippen molar-refractivity contribution in [3.8, 4) is 11.5 Å². The minimum atomic E-state index is -0.195. The van der Waals surface area contributed by atoms with Crippen LogP contribution in [0.4, 0.5) is 0 Å². The van der Waals surface area contributed by atoms with Gasteiger partial charge in [-0.2, -0.15) is 0 Å². The Labute approximate surface area is 103 Å². The minimum absolute atomic E-state index is 0. The van der Waals surface area contributed by atoms with Gasteiger partial charge in [0.05, 0.1) is 0 Å². The van der Waals surface area contributed by atoms with E-state index in [1.54, 1.807) is 6.08 Å². The van der Waals surface area contributed by atoms with Gasteiger partial charge in [-0.3, -0.25) is 0 Å². The molecule has 0 amide bonds. The number of fused-ring (bicyclic) bond motifs is 1. The van der Waals surface area contributed by atoms with Gasteiger partial charge < -0.3 is 15.2 Å². The van der Waals surface area contributed by atoms with E-state index in [0.29, 0.717) is 0 Å². The van der Waals surface area contributed by atoms with Crippen molar-refractivity contribution in [1.82, 2.24) is 0 Å². The molecule has 0 fully saturated rings. The second-order valence-electron chi connectivity index (χ2n) is 2.99. The Bertz CT molecular complexity index is 384. The Morgan fingerprint density at radius 1 is 1.40 bits per heavy atom. The lowest BCUT2D eigenvalue weighted by Gasteiger charge is -2.10. The Kier molecular flexibility index (Phi) is 4.02. The summed E-state index contributed by atoms with van der Waals surface area (Å²) < 4.78 is 11.4. The number of nitrogens with two attached hydrogens (primary N) is 1. The number of halogens is 2. The summed E-state index contributed by atoms with van der Waals surface area (Å²) in [6, 6.07) is 3.54. The van der Waals surface area contributed by atoms with Crippen LogP contribution in [0.15, 0.2) is 29.3 Å². The summed E-state index contributed by atoms with van der Waals surface area (Å²) in [6.45, 7) is 3.93. The van der Waals surface area contributed by atoms with Crippen LogP contribution in [-0.4, -0.2) is 6.79 Å². The molecule has 0 bridgehead atoms. The largest absolute Gasteiger partial charge is 0.454 e. The quantitative estimate of drug-likeness (QED) is 0.853. The summed E-state index contributed by atoms with van der Waals surface area (Å²) in [7, 11) is 0. The molecule has 0 unspecified atom stereocenters. The zero-order chi connectivity index (χ0) is 10.1. The third kappa shape index (κ3) is 2.27. The highest BCUT2D eigenvalue weighted by Crippen LogP contribution is 2.38. The molecular weight excluding hydrogens is 281 g/mol. The van der Waals surface area contributed by atoms with E-state index in [2.05, 4.69) is 22.5 Å². The minimum Gasteiger partial charge on any atom is -0.454 e. The number of benzene rings is 1. The Balaban J connectivity index is 0.00000112. The van der Waals surface area contributed by atoms with Crippen LogP contribution in [0, 0.1) is 0 Å². The first-order valence-electron chi connectivity index (χ1n) is 4.19. The van der Waals surface area contributed by atoms with Gasteiger partial charge in [-0.25, -0.2) is 0 Å². The maximum atomic E-state index is 5.84. The maximum Gasteiger partial charge on any atom is 0.231 e. The summed E-state index contributed by atoms with van der Waals surface area (Å²) in [4.78, 5) is 0. The van der Waals surface area contributed by atoms with Gasteiger partial charge in [0.15, 0.2) is 11.5 Å². The molecule has 1 aromatic carbocycles. The van der Waals surface area contributed by atoms with Crippen LogP contribution in [0.1, 0.15) is 11.6 Å². The molecule has 1 aliphatic rings. The highest BCUT2D eigenvalue weighted by atomic mass is 79.9. The van der Waals surface area contributed by atoms with Gasteiger partial charge in [0, 0.05) is 10.5 Å². The van der Waals surface area contributed by atoms with E-state index in [4.69, 9.17) is 15.2 Å². The molecule has 1 aromatic rings. The molecule has 0 saturated heterocycles. The number of rotatable bonds is 2. The summed E-state index contributed by atoms with van der Waals surface area (Å²) in [5.74, 6) is 1.48. The zero-order valence-corrected chi connectivity index (χ0v) is 10.3. The zero-order valence-electron chi connectivity index (χ0n) is 7.90. The molecule has 0 spiro atoms. The lowest BCUT2D eigenvalue weighted by Crippen LogP contribution is -2.07. The average molecular weight is 293 g/mol. The fraction of sp³-hybridized carbons (Fsp3) is 0.200. The van der Waals surface area contributed by atoms with E-state index in [1.807, 2.05) is 12.1 Å². The molecule has 0 saturated carbocycles. The third-order valence-corrected chi connectivity index (χ3v) is 2.79. The fourth-order valence-corrected chi connectivity index (χ4v) is 1.90. The lowest BCUT2D eigenvalue weighted by atomic mass is 10.1. The van der Waals surface area contributed by atoms with Crippen molar-refractivity contribution in [3.63, 3.8) is 0 Å². The first kappa shape index (κ1) is 12.4. The predicted molar refractivity (Wildman–Crippen MR) is 64.6 cm³/mol. The van der Waals surface area contributed by atoms with Crippen molar-refractivity contribution in [3.05, 3.63) is 34.8 Å². The highest BCUT2D eigenvalue weighted by Gasteiger charge is 2.17. The van der Waals surface area contributed by atoms with Crippen molar-refractivity contribution in [1.29, 1.82) is 0 Å². The molecule has 1 atom stereocenters. The summed E-state index contributed by atoms with van der Waals surface area (Å²) in [5.41, 5.74) is 6.79. The molecule has 15 heavy (non-hydrogen) atoms. The monoisotopic (exact) mass is 291 g/mol. The van der Waals surface area contributed by atoms with Gasteiger partial charge in [-0.05, 0) is 17.7 Å². The summed E-state index contributed by atoms with van der Waals surface area (Å²) >= 11 is 3.43.